The number of nitrogens with zero attached hydrogens (tertiary/aromatic N) is 4. The zero-order valence-corrected chi connectivity index (χ0v) is 20.1. The van der Waals surface area contributed by atoms with Crippen molar-refractivity contribution in [2.45, 2.75) is 30.6 Å². The predicted molar refractivity (Wildman–Crippen MR) is 127 cm³/mol. The molecule has 1 aromatic carbocycles. The van der Waals surface area contributed by atoms with Crippen LogP contribution in [0.25, 0.3) is 11.3 Å². The SMILES string of the molecule is Cc1ccc(F)cc1-c1nc(NS(=O)(=O)c2cccc(N3CCN4CC[C@H]3C4)n2)ccc1C(F)(F)F. The minimum absolute atomic E-state index is 0.0841. The predicted octanol–water partition coefficient (Wildman–Crippen LogP) is 4.31. The molecule has 0 saturated carbocycles. The van der Waals surface area contributed by atoms with Gasteiger partial charge in [0.25, 0.3) is 10.0 Å². The van der Waals surface area contributed by atoms with Crippen LogP contribution in [-0.4, -0.2) is 55.5 Å². The quantitative estimate of drug-likeness (QED) is 0.505. The number of rotatable bonds is 5. The second-order valence-electron chi connectivity index (χ2n) is 8.93. The van der Waals surface area contributed by atoms with Gasteiger partial charge < -0.3 is 4.90 Å². The van der Waals surface area contributed by atoms with E-state index in [1.54, 1.807) is 12.1 Å². The van der Waals surface area contributed by atoms with E-state index in [0.717, 1.165) is 56.9 Å². The third kappa shape index (κ3) is 4.74. The summed E-state index contributed by atoms with van der Waals surface area (Å²) in [5.74, 6) is -0.542. The molecule has 1 unspecified atom stereocenters. The largest absolute Gasteiger partial charge is 0.418 e. The van der Waals surface area contributed by atoms with Crippen molar-refractivity contribution in [2.75, 3.05) is 35.8 Å². The maximum atomic E-state index is 13.9. The van der Waals surface area contributed by atoms with Crippen LogP contribution in [0.1, 0.15) is 17.5 Å². The number of sulfonamides is 1. The monoisotopic (exact) mass is 521 g/mol. The van der Waals surface area contributed by atoms with Gasteiger partial charge in [0.2, 0.25) is 0 Å². The number of nitrogens with one attached hydrogen (secondary N) is 1. The van der Waals surface area contributed by atoms with Crippen molar-refractivity contribution in [2.24, 2.45) is 0 Å². The maximum Gasteiger partial charge on any atom is 0.418 e. The molecule has 190 valence electrons. The van der Waals surface area contributed by atoms with Gasteiger partial charge in [-0.1, -0.05) is 12.1 Å². The first-order chi connectivity index (χ1) is 17.0. The minimum atomic E-state index is -4.78. The number of hydrogen-bond acceptors (Lipinski definition) is 6. The number of pyridine rings is 2. The molecule has 0 aliphatic carbocycles. The lowest BCUT2D eigenvalue weighted by molar-refractivity contribution is -0.137. The Kier molecular flexibility index (Phi) is 6.11. The number of halogens is 4. The molecule has 2 saturated heterocycles. The first-order valence-electron chi connectivity index (χ1n) is 11.3. The van der Waals surface area contributed by atoms with Gasteiger partial charge in [-0.15, -0.1) is 0 Å². The van der Waals surface area contributed by atoms with Crippen molar-refractivity contribution in [1.29, 1.82) is 0 Å². The fourth-order valence-electron chi connectivity index (χ4n) is 4.71. The highest BCUT2D eigenvalue weighted by atomic mass is 32.2. The highest BCUT2D eigenvalue weighted by Crippen LogP contribution is 2.38. The fraction of sp³-hybridized carbons (Fsp3) is 0.333. The summed E-state index contributed by atoms with van der Waals surface area (Å²) in [7, 11) is -4.27. The smallest absolute Gasteiger partial charge is 0.351 e. The van der Waals surface area contributed by atoms with Crippen LogP contribution in [0.15, 0.2) is 53.6 Å². The Morgan fingerprint density at radius 2 is 1.83 bits per heavy atom. The van der Waals surface area contributed by atoms with Crippen molar-refractivity contribution in [3.8, 4) is 11.3 Å². The van der Waals surface area contributed by atoms with Gasteiger partial charge >= 0.3 is 6.18 Å². The number of hydrogen-bond donors (Lipinski definition) is 1. The van der Waals surface area contributed by atoms with Crippen LogP contribution in [0.4, 0.5) is 29.2 Å². The van der Waals surface area contributed by atoms with Crippen LogP contribution in [0.5, 0.6) is 0 Å². The van der Waals surface area contributed by atoms with Crippen molar-refractivity contribution in [1.82, 2.24) is 14.9 Å². The Morgan fingerprint density at radius 3 is 2.61 bits per heavy atom. The molecule has 0 amide bonds. The van der Waals surface area contributed by atoms with E-state index in [4.69, 9.17) is 0 Å². The highest BCUT2D eigenvalue weighted by Gasteiger charge is 2.36. The summed E-state index contributed by atoms with van der Waals surface area (Å²) in [6.07, 6.45) is -3.81. The van der Waals surface area contributed by atoms with Crippen molar-refractivity contribution in [3.05, 3.63) is 65.5 Å². The van der Waals surface area contributed by atoms with E-state index < -0.39 is 33.3 Å². The Morgan fingerprint density at radius 1 is 1.03 bits per heavy atom. The normalized spacial score (nSPS) is 20.0. The molecule has 3 aromatic rings. The van der Waals surface area contributed by atoms with Gasteiger partial charge in [-0.25, -0.2) is 14.4 Å². The third-order valence-corrected chi connectivity index (χ3v) is 7.77. The van der Waals surface area contributed by atoms with Crippen molar-refractivity contribution >= 4 is 21.7 Å². The van der Waals surface area contributed by atoms with Crippen LogP contribution in [-0.2, 0) is 16.2 Å². The van der Waals surface area contributed by atoms with Gasteiger partial charge in [-0.05, 0) is 55.3 Å². The van der Waals surface area contributed by atoms with E-state index in [1.165, 1.54) is 19.1 Å². The van der Waals surface area contributed by atoms with Crippen LogP contribution >= 0.6 is 0 Å². The number of piperazine rings is 1. The first kappa shape index (κ1) is 24.4. The van der Waals surface area contributed by atoms with Gasteiger partial charge in [-0.3, -0.25) is 9.62 Å². The van der Waals surface area contributed by atoms with Crippen LogP contribution in [0.2, 0.25) is 0 Å². The molecule has 0 spiro atoms. The third-order valence-electron chi connectivity index (χ3n) is 6.52. The summed E-state index contributed by atoms with van der Waals surface area (Å²) in [6.45, 7) is 5.01. The summed E-state index contributed by atoms with van der Waals surface area (Å²) in [5, 5.41) is -0.273. The zero-order valence-electron chi connectivity index (χ0n) is 19.3. The molecule has 2 atom stereocenters. The number of fused-ring (bicyclic) bond motifs is 2. The minimum Gasteiger partial charge on any atom is -0.351 e. The zero-order chi connectivity index (χ0) is 25.7. The van der Waals surface area contributed by atoms with Crippen molar-refractivity contribution < 1.29 is 26.0 Å². The van der Waals surface area contributed by atoms with Crippen LogP contribution in [0.3, 0.4) is 0 Å². The Balaban J connectivity index is 1.48. The number of alkyl halides is 3. The van der Waals surface area contributed by atoms with Gasteiger partial charge in [0.15, 0.2) is 5.03 Å². The molecule has 36 heavy (non-hydrogen) atoms. The molecule has 2 aliphatic rings. The summed E-state index contributed by atoms with van der Waals surface area (Å²) in [4.78, 5) is 12.7. The highest BCUT2D eigenvalue weighted by molar-refractivity contribution is 7.92. The second-order valence-corrected chi connectivity index (χ2v) is 10.6. The molecule has 2 aromatic heterocycles. The van der Waals surface area contributed by atoms with Gasteiger partial charge in [0.05, 0.1) is 11.3 Å². The molecule has 4 heterocycles. The molecule has 12 heteroatoms. The van der Waals surface area contributed by atoms with Gasteiger partial charge in [0.1, 0.15) is 17.5 Å². The lowest BCUT2D eigenvalue weighted by Gasteiger charge is -2.35. The first-order valence-corrected chi connectivity index (χ1v) is 12.8. The van der Waals surface area contributed by atoms with E-state index in [1.807, 2.05) is 0 Å². The number of aryl methyl sites for hydroxylation is 1. The van der Waals surface area contributed by atoms with E-state index in [0.29, 0.717) is 11.4 Å². The summed E-state index contributed by atoms with van der Waals surface area (Å²) >= 11 is 0. The fourth-order valence-corrected chi connectivity index (χ4v) is 5.67. The molecule has 2 aliphatic heterocycles. The summed E-state index contributed by atoms with van der Waals surface area (Å²) in [6, 6.07) is 9.97. The average molecular weight is 522 g/mol. The standard InChI is InChI=1S/C24H23F4N5O2S/c1-15-5-6-16(25)13-18(15)23-19(24(26,27)28)7-8-20(29-23)31-36(34,35)22-4-2-3-21(30-22)33-12-11-32-10-9-17(33)14-32/h2-8,13,17H,9-12,14H2,1H3,(H,29,31)/t17-/m0/s1. The number of anilines is 2. The topological polar surface area (TPSA) is 78.4 Å². The lowest BCUT2D eigenvalue weighted by atomic mass is 10.0. The Bertz CT molecular complexity index is 1410. The Hall–Kier alpha value is -3.25. The van der Waals surface area contributed by atoms with E-state index in [2.05, 4.69) is 24.5 Å². The van der Waals surface area contributed by atoms with Crippen molar-refractivity contribution in [3.63, 3.8) is 0 Å². The van der Waals surface area contributed by atoms with Gasteiger partial charge in [0, 0.05) is 37.8 Å². The van der Waals surface area contributed by atoms with Crippen LogP contribution in [0, 0.1) is 12.7 Å². The Labute approximate surface area is 205 Å². The maximum absolute atomic E-state index is 13.9. The molecule has 5 rings (SSSR count). The molecule has 2 fully saturated rings. The summed E-state index contributed by atoms with van der Waals surface area (Å²) in [5.41, 5.74) is -1.40. The van der Waals surface area contributed by atoms with Gasteiger partial charge in [-0.2, -0.15) is 21.6 Å². The average Bonchev–Trinajstić information content (AvgIpc) is 3.20. The lowest BCUT2D eigenvalue weighted by Crippen LogP contribution is -2.47. The molecule has 1 N–H and O–H groups in total. The second kappa shape index (κ2) is 9.00. The van der Waals surface area contributed by atoms with E-state index in [9.17, 15) is 26.0 Å². The number of benzene rings is 1. The summed E-state index contributed by atoms with van der Waals surface area (Å²) < 4.78 is 83.4. The van der Waals surface area contributed by atoms with E-state index >= 15 is 0 Å². The van der Waals surface area contributed by atoms with Crippen LogP contribution < -0.4 is 9.62 Å². The molecule has 2 bridgehead atoms. The molecule has 0 radical (unpaired) electrons. The molecular weight excluding hydrogens is 498 g/mol. The molecule has 7 nitrogen and oxygen atoms in total. The number of aromatic nitrogens is 2. The van der Waals surface area contributed by atoms with E-state index in [-0.39, 0.29) is 22.4 Å². The molecular formula is C24H23F4N5O2S.